The molecule has 0 aromatic rings. The average Bonchev–Trinajstić information content (AvgIpc) is 2.89. The summed E-state index contributed by atoms with van der Waals surface area (Å²) < 4.78 is 31.9. The molecule has 0 amide bonds. The summed E-state index contributed by atoms with van der Waals surface area (Å²) in [6, 6.07) is 0. The Labute approximate surface area is 288 Å². The zero-order valence-electron chi connectivity index (χ0n) is 26.1. The van der Waals surface area contributed by atoms with E-state index >= 15 is 0 Å². The molecule has 0 heterocycles. The van der Waals surface area contributed by atoms with Gasteiger partial charge in [-0.05, 0) is 12.8 Å². The molecule has 0 saturated carbocycles. The second-order valence-electron chi connectivity index (χ2n) is 10.4. The quantitative estimate of drug-likeness (QED) is 0.0698. The molecular weight excluding hydrogens is 572 g/mol. The van der Waals surface area contributed by atoms with Crippen LogP contribution in [-0.4, -0.2) is 25.3 Å². The Morgan fingerprint density at radius 2 is 0.650 bits per heavy atom. The molecule has 0 fully saturated rings. The second-order valence-corrected chi connectivity index (χ2v) is 14.1. The first kappa shape index (κ1) is 46.1. The molecule has 0 spiro atoms. The molecular formula is C28H54Na2O8P2. The van der Waals surface area contributed by atoms with E-state index in [1.165, 1.54) is 111 Å². The van der Waals surface area contributed by atoms with E-state index < -0.39 is 26.2 Å². The van der Waals surface area contributed by atoms with E-state index in [-0.39, 0.29) is 72.0 Å². The number of hydrogen-bond donors (Lipinski definition) is 0. The van der Waals surface area contributed by atoms with Crippen LogP contribution in [0.15, 0.2) is 0 Å². The van der Waals surface area contributed by atoms with Crippen molar-refractivity contribution in [1.29, 1.82) is 0 Å². The Hall–Kier alpha value is 1.64. The van der Waals surface area contributed by atoms with Crippen LogP contribution in [0.2, 0.25) is 0 Å². The van der Waals surface area contributed by atoms with Crippen molar-refractivity contribution in [1.82, 2.24) is 0 Å². The van der Waals surface area contributed by atoms with Crippen LogP contribution in [0, 0.1) is 0 Å². The Bertz CT molecular complexity index is 696. The SMILES string of the molecule is COP(=O)(OC)C(=O)CCCCCCCCCCCCCCCCCCCCCCCCC(=O)P(=O)([O-])[O-].[Na+].[Na+]. The predicted octanol–water partition coefficient (Wildman–Crippen LogP) is 1.81. The van der Waals surface area contributed by atoms with Crippen molar-refractivity contribution in [2.75, 3.05) is 14.2 Å². The Kier molecular flexibility index (Phi) is 35.3. The van der Waals surface area contributed by atoms with Gasteiger partial charge >= 0.3 is 66.7 Å². The first-order valence-electron chi connectivity index (χ1n) is 15.0. The minimum Gasteiger partial charge on any atom is -0.805 e. The molecule has 8 nitrogen and oxygen atoms in total. The zero-order valence-corrected chi connectivity index (χ0v) is 31.9. The van der Waals surface area contributed by atoms with Gasteiger partial charge in [-0.2, -0.15) is 0 Å². The van der Waals surface area contributed by atoms with Gasteiger partial charge in [0, 0.05) is 34.7 Å². The van der Waals surface area contributed by atoms with E-state index in [2.05, 4.69) is 0 Å². The summed E-state index contributed by atoms with van der Waals surface area (Å²) in [7, 11) is -6.06. The maximum absolute atomic E-state index is 11.9. The third-order valence-corrected chi connectivity index (χ3v) is 9.75. The summed E-state index contributed by atoms with van der Waals surface area (Å²) in [6.07, 6.45) is 25.7. The normalized spacial score (nSPS) is 11.6. The van der Waals surface area contributed by atoms with Crippen molar-refractivity contribution >= 4 is 26.2 Å². The third kappa shape index (κ3) is 27.2. The van der Waals surface area contributed by atoms with Crippen LogP contribution >= 0.6 is 15.2 Å². The van der Waals surface area contributed by atoms with Crippen molar-refractivity contribution < 1.29 is 96.7 Å². The summed E-state index contributed by atoms with van der Waals surface area (Å²) >= 11 is 0. The van der Waals surface area contributed by atoms with Crippen molar-refractivity contribution in [3.63, 3.8) is 0 Å². The zero-order chi connectivity index (χ0) is 28.5. The molecule has 0 radical (unpaired) electrons. The largest absolute Gasteiger partial charge is 1.00 e. The monoisotopic (exact) mass is 626 g/mol. The molecule has 0 aliphatic heterocycles. The van der Waals surface area contributed by atoms with Gasteiger partial charge in [-0.15, -0.1) is 0 Å². The first-order valence-corrected chi connectivity index (χ1v) is 18.1. The van der Waals surface area contributed by atoms with E-state index in [0.29, 0.717) is 6.42 Å². The van der Waals surface area contributed by atoms with Crippen LogP contribution < -0.4 is 68.9 Å². The summed E-state index contributed by atoms with van der Waals surface area (Å²) in [5.74, 6) is 0. The van der Waals surface area contributed by atoms with Crippen LogP contribution in [0.3, 0.4) is 0 Å². The van der Waals surface area contributed by atoms with Crippen molar-refractivity contribution in [3.05, 3.63) is 0 Å². The third-order valence-electron chi connectivity index (χ3n) is 7.12. The fraction of sp³-hybridized carbons (Fsp3) is 0.929. The van der Waals surface area contributed by atoms with Crippen LogP contribution in [0.1, 0.15) is 154 Å². The predicted molar refractivity (Wildman–Crippen MR) is 150 cm³/mol. The Morgan fingerprint density at radius 3 is 0.850 bits per heavy atom. The summed E-state index contributed by atoms with van der Waals surface area (Å²) in [6.45, 7) is 0. The van der Waals surface area contributed by atoms with Gasteiger partial charge in [0.15, 0.2) is 5.52 Å². The van der Waals surface area contributed by atoms with E-state index in [0.717, 1.165) is 38.5 Å². The van der Waals surface area contributed by atoms with Gasteiger partial charge in [-0.25, -0.2) is 0 Å². The molecule has 40 heavy (non-hydrogen) atoms. The van der Waals surface area contributed by atoms with Crippen LogP contribution in [-0.2, 0) is 27.8 Å². The topological polar surface area (TPSA) is 133 Å². The Morgan fingerprint density at radius 1 is 0.450 bits per heavy atom. The number of rotatable bonds is 29. The second kappa shape index (κ2) is 30.7. The van der Waals surface area contributed by atoms with Gasteiger partial charge in [0.2, 0.25) is 5.52 Å². The number of unbranched alkanes of at least 4 members (excludes halogenated alkanes) is 21. The standard InChI is InChI=1S/C28H56O8P2.2Na/c1-35-38(34,36-2)28(30)26-24-22-20-18-16-14-12-10-8-6-4-3-5-7-9-11-13-15-17-19-21-23-25-27(29)37(31,32)33;;/h3-26H2,1-2H3,(H2,31,32,33);;/q;2*+1/p-2. The molecule has 0 aliphatic rings. The van der Waals surface area contributed by atoms with Gasteiger partial charge in [0.25, 0.3) is 0 Å². The van der Waals surface area contributed by atoms with E-state index in [9.17, 15) is 28.5 Å². The Balaban J connectivity index is -0.00000684. The van der Waals surface area contributed by atoms with Crippen LogP contribution in [0.4, 0.5) is 0 Å². The maximum atomic E-state index is 11.9. The summed E-state index contributed by atoms with van der Waals surface area (Å²) in [5, 5.41) is 0. The molecule has 0 aliphatic carbocycles. The minimum absolute atomic E-state index is 0. The molecule has 0 aromatic carbocycles. The molecule has 0 rings (SSSR count). The summed E-state index contributed by atoms with van der Waals surface area (Å²) in [5.41, 5.74) is -1.57. The van der Waals surface area contributed by atoms with Gasteiger partial charge < -0.3 is 23.4 Å². The van der Waals surface area contributed by atoms with E-state index in [4.69, 9.17) is 9.05 Å². The van der Waals surface area contributed by atoms with Gasteiger partial charge in [-0.1, -0.05) is 128 Å². The first-order chi connectivity index (χ1) is 18.2. The van der Waals surface area contributed by atoms with Gasteiger partial charge in [0.1, 0.15) is 0 Å². The van der Waals surface area contributed by atoms with Crippen molar-refractivity contribution in [2.24, 2.45) is 0 Å². The molecule has 0 aromatic heterocycles. The average molecular weight is 627 g/mol. The molecule has 0 N–H and O–H groups in total. The smallest absolute Gasteiger partial charge is 0.805 e. The molecule has 0 bridgehead atoms. The fourth-order valence-corrected chi connectivity index (χ4v) is 6.06. The molecule has 0 atom stereocenters. The number of hydrogen-bond acceptors (Lipinski definition) is 8. The van der Waals surface area contributed by atoms with Crippen LogP contribution in [0.5, 0.6) is 0 Å². The van der Waals surface area contributed by atoms with E-state index in [1.54, 1.807) is 0 Å². The van der Waals surface area contributed by atoms with Gasteiger partial charge in [-0.3, -0.25) is 14.2 Å². The van der Waals surface area contributed by atoms with Crippen molar-refractivity contribution in [2.45, 2.75) is 154 Å². The molecule has 12 heteroatoms. The van der Waals surface area contributed by atoms with Gasteiger partial charge in [0.05, 0.1) is 0 Å². The number of carbonyl (C=O) groups excluding carboxylic acids is 2. The number of carbonyl (C=O) groups is 2. The maximum Gasteiger partial charge on any atom is 1.00 e. The fourth-order valence-electron chi connectivity index (χ4n) is 4.64. The van der Waals surface area contributed by atoms with Crippen molar-refractivity contribution in [3.8, 4) is 0 Å². The van der Waals surface area contributed by atoms with E-state index in [1.807, 2.05) is 0 Å². The minimum atomic E-state index is -5.02. The summed E-state index contributed by atoms with van der Waals surface area (Å²) in [4.78, 5) is 43.9. The molecule has 0 saturated heterocycles. The molecule has 226 valence electrons. The molecule has 0 unspecified atom stereocenters. The van der Waals surface area contributed by atoms with Crippen LogP contribution in [0.25, 0.3) is 0 Å².